The number of nitro groups is 1. The highest BCUT2D eigenvalue weighted by atomic mass is 79.9. The molecule has 3 aromatic carbocycles. The summed E-state index contributed by atoms with van der Waals surface area (Å²) in [7, 11) is 0. The van der Waals surface area contributed by atoms with E-state index in [2.05, 4.69) is 20.9 Å². The lowest BCUT2D eigenvalue weighted by Crippen LogP contribution is -2.06. The van der Waals surface area contributed by atoms with Crippen LogP contribution in [0.2, 0.25) is 0 Å². The maximum atomic E-state index is 12.9. The summed E-state index contributed by atoms with van der Waals surface area (Å²) in [5.41, 5.74) is 1.78. The molecule has 9 heteroatoms. The normalized spacial score (nSPS) is 11.7. The Kier molecular flexibility index (Phi) is 6.45. The fourth-order valence-corrected chi connectivity index (χ4v) is 3.20. The highest BCUT2D eigenvalue weighted by Gasteiger charge is 2.33. The van der Waals surface area contributed by atoms with Gasteiger partial charge in [-0.25, -0.2) is 0 Å². The lowest BCUT2D eigenvalue weighted by Gasteiger charge is -2.11. The van der Waals surface area contributed by atoms with Gasteiger partial charge >= 0.3 is 11.9 Å². The van der Waals surface area contributed by atoms with Crippen LogP contribution in [-0.2, 0) is 6.18 Å². The third kappa shape index (κ3) is 5.49. The largest absolute Gasteiger partial charge is 0.449 e. The lowest BCUT2D eigenvalue weighted by molar-refractivity contribution is -0.385. The fourth-order valence-electron chi connectivity index (χ4n) is 2.72. The van der Waals surface area contributed by atoms with E-state index in [0.29, 0.717) is 10.5 Å². The summed E-state index contributed by atoms with van der Waals surface area (Å²) in [5.74, 6) is -0.0813. The molecule has 0 fully saturated rings. The Morgan fingerprint density at radius 1 is 1.03 bits per heavy atom. The van der Waals surface area contributed by atoms with Crippen molar-refractivity contribution < 1.29 is 22.8 Å². The molecule has 0 spiro atoms. The van der Waals surface area contributed by atoms with Gasteiger partial charge in [-0.2, -0.15) is 13.2 Å². The van der Waals surface area contributed by atoms with E-state index in [1.54, 1.807) is 24.4 Å². The summed E-state index contributed by atoms with van der Waals surface area (Å²) in [6.45, 7) is 3.93. The fraction of sp³-hybridized carbons (Fsp3) is 0.136. The molecule has 31 heavy (non-hydrogen) atoms. The summed E-state index contributed by atoms with van der Waals surface area (Å²) >= 11 is 3.33. The van der Waals surface area contributed by atoms with E-state index in [1.165, 1.54) is 0 Å². The predicted molar refractivity (Wildman–Crippen MR) is 115 cm³/mol. The molecule has 0 aliphatic carbocycles. The topological polar surface area (TPSA) is 64.7 Å². The van der Waals surface area contributed by atoms with Crippen LogP contribution in [0.15, 0.2) is 64.1 Å². The Labute approximate surface area is 184 Å². The predicted octanol–water partition coefficient (Wildman–Crippen LogP) is 7.54. The first-order valence-corrected chi connectivity index (χ1v) is 9.78. The second-order valence-electron chi connectivity index (χ2n) is 6.78. The van der Waals surface area contributed by atoms with E-state index in [1.807, 2.05) is 32.0 Å². The van der Waals surface area contributed by atoms with E-state index < -0.39 is 22.4 Å². The number of nitrogens with zero attached hydrogens (tertiary/aromatic N) is 2. The number of benzene rings is 3. The Balaban J connectivity index is 1.86. The minimum Gasteiger partial charge on any atom is -0.449 e. The van der Waals surface area contributed by atoms with Crippen LogP contribution in [-0.4, -0.2) is 11.1 Å². The molecular formula is C22H16BrF3N2O3. The average Bonchev–Trinajstić information content (AvgIpc) is 2.69. The Bertz CT molecular complexity index is 1180. The van der Waals surface area contributed by atoms with Crippen molar-refractivity contribution in [1.82, 2.24) is 0 Å². The monoisotopic (exact) mass is 492 g/mol. The van der Waals surface area contributed by atoms with Crippen molar-refractivity contribution in [2.75, 3.05) is 0 Å². The molecule has 160 valence electrons. The maximum Gasteiger partial charge on any atom is 0.416 e. The Morgan fingerprint density at radius 3 is 2.39 bits per heavy atom. The standard InChI is InChI=1S/C22H16BrF3N2O3/c1-13-3-4-14(2)18(9-13)27-12-15-5-7-20(17(23)10-15)31-21-8-6-16(22(24,25)26)11-19(21)28(29)30/h3-12H,1-2H3. The summed E-state index contributed by atoms with van der Waals surface area (Å²) in [4.78, 5) is 14.8. The van der Waals surface area contributed by atoms with Crippen LogP contribution in [0.3, 0.4) is 0 Å². The molecule has 0 unspecified atom stereocenters. The number of hydrogen-bond donors (Lipinski definition) is 0. The van der Waals surface area contributed by atoms with Gasteiger partial charge in [0, 0.05) is 12.3 Å². The van der Waals surface area contributed by atoms with Gasteiger partial charge in [0.25, 0.3) is 0 Å². The molecule has 0 amide bonds. The van der Waals surface area contributed by atoms with Gasteiger partial charge < -0.3 is 4.74 Å². The van der Waals surface area contributed by atoms with E-state index in [0.717, 1.165) is 34.5 Å². The highest BCUT2D eigenvalue weighted by Crippen LogP contribution is 2.39. The third-order valence-corrected chi connectivity index (χ3v) is 5.00. The quantitative estimate of drug-likeness (QED) is 0.210. The van der Waals surface area contributed by atoms with Gasteiger partial charge in [-0.15, -0.1) is 0 Å². The molecule has 0 aromatic heterocycles. The van der Waals surface area contributed by atoms with Gasteiger partial charge in [0.05, 0.1) is 20.6 Å². The van der Waals surface area contributed by atoms with Gasteiger partial charge in [-0.3, -0.25) is 15.1 Å². The molecule has 0 atom stereocenters. The highest BCUT2D eigenvalue weighted by molar-refractivity contribution is 9.10. The van der Waals surface area contributed by atoms with Crippen molar-refractivity contribution in [3.63, 3.8) is 0 Å². The molecule has 0 saturated heterocycles. The van der Waals surface area contributed by atoms with E-state index in [-0.39, 0.29) is 11.5 Å². The first kappa shape index (κ1) is 22.5. The lowest BCUT2D eigenvalue weighted by atomic mass is 10.1. The summed E-state index contributed by atoms with van der Waals surface area (Å²) < 4.78 is 44.6. The number of nitro benzene ring substituents is 1. The molecule has 0 N–H and O–H groups in total. The van der Waals surface area contributed by atoms with E-state index in [4.69, 9.17) is 4.74 Å². The van der Waals surface area contributed by atoms with Crippen LogP contribution in [0.4, 0.5) is 24.5 Å². The van der Waals surface area contributed by atoms with Gasteiger partial charge in [0.1, 0.15) is 5.75 Å². The Morgan fingerprint density at radius 2 is 1.74 bits per heavy atom. The minimum absolute atomic E-state index is 0.215. The summed E-state index contributed by atoms with van der Waals surface area (Å²) in [6.07, 6.45) is -3.03. The number of ether oxygens (including phenoxy) is 1. The molecule has 0 heterocycles. The van der Waals surface area contributed by atoms with Crippen molar-refractivity contribution >= 4 is 33.5 Å². The van der Waals surface area contributed by atoms with Crippen molar-refractivity contribution in [1.29, 1.82) is 0 Å². The van der Waals surface area contributed by atoms with Crippen molar-refractivity contribution in [3.8, 4) is 11.5 Å². The van der Waals surface area contributed by atoms with Gasteiger partial charge in [-0.1, -0.05) is 12.1 Å². The zero-order valence-electron chi connectivity index (χ0n) is 16.4. The molecule has 0 radical (unpaired) electrons. The van der Waals surface area contributed by atoms with E-state index >= 15 is 0 Å². The van der Waals surface area contributed by atoms with Crippen LogP contribution >= 0.6 is 15.9 Å². The first-order valence-electron chi connectivity index (χ1n) is 8.99. The number of aliphatic imine (C=N–C) groups is 1. The SMILES string of the molecule is Cc1ccc(C)c(N=Cc2ccc(Oc3ccc(C(F)(F)F)cc3[N+](=O)[O-])c(Br)c2)c1. The minimum atomic E-state index is -4.69. The van der Waals surface area contributed by atoms with Gasteiger partial charge in [-0.05, 0) is 82.9 Å². The third-order valence-electron chi connectivity index (χ3n) is 4.38. The second kappa shape index (κ2) is 8.89. The van der Waals surface area contributed by atoms with Crippen molar-refractivity contribution in [2.24, 2.45) is 4.99 Å². The second-order valence-corrected chi connectivity index (χ2v) is 7.63. The average molecular weight is 493 g/mol. The smallest absolute Gasteiger partial charge is 0.416 e. The van der Waals surface area contributed by atoms with Crippen LogP contribution in [0.1, 0.15) is 22.3 Å². The molecule has 0 aliphatic heterocycles. The van der Waals surface area contributed by atoms with Crippen LogP contribution in [0.25, 0.3) is 0 Å². The van der Waals surface area contributed by atoms with Gasteiger partial charge in [0.15, 0.2) is 0 Å². The van der Waals surface area contributed by atoms with Crippen molar-refractivity contribution in [2.45, 2.75) is 20.0 Å². The van der Waals surface area contributed by atoms with Crippen molar-refractivity contribution in [3.05, 3.63) is 91.4 Å². The molecule has 0 aliphatic rings. The molecule has 3 rings (SSSR count). The van der Waals surface area contributed by atoms with E-state index in [9.17, 15) is 23.3 Å². The van der Waals surface area contributed by atoms with Crippen LogP contribution < -0.4 is 4.74 Å². The number of hydrogen-bond acceptors (Lipinski definition) is 4. The Hall–Kier alpha value is -3.20. The first-order chi connectivity index (χ1) is 14.5. The number of rotatable bonds is 5. The number of aryl methyl sites for hydroxylation is 2. The van der Waals surface area contributed by atoms with Gasteiger partial charge in [0.2, 0.25) is 5.75 Å². The zero-order valence-corrected chi connectivity index (χ0v) is 18.0. The maximum absolute atomic E-state index is 12.9. The van der Waals surface area contributed by atoms with Crippen LogP contribution in [0.5, 0.6) is 11.5 Å². The molecule has 5 nitrogen and oxygen atoms in total. The number of alkyl halides is 3. The van der Waals surface area contributed by atoms with Crippen LogP contribution in [0, 0.1) is 24.0 Å². The zero-order chi connectivity index (χ0) is 22.8. The molecular weight excluding hydrogens is 477 g/mol. The number of halogens is 4. The summed E-state index contributed by atoms with van der Waals surface area (Å²) in [5, 5.41) is 11.2. The molecule has 3 aromatic rings. The molecule has 0 bridgehead atoms. The summed E-state index contributed by atoms with van der Waals surface area (Å²) in [6, 6.07) is 13.0. The molecule has 0 saturated carbocycles.